The molecule has 1 aliphatic carbocycles. The van der Waals surface area contributed by atoms with Crippen LogP contribution in [-0.4, -0.2) is 25.0 Å². The highest BCUT2D eigenvalue weighted by Crippen LogP contribution is 2.40. The quantitative estimate of drug-likeness (QED) is 0.851. The lowest BCUT2D eigenvalue weighted by molar-refractivity contribution is -0.147. The largest absolute Gasteiger partial charge is 0.467 e. The fourth-order valence-corrected chi connectivity index (χ4v) is 3.26. The molecule has 0 spiro atoms. The lowest BCUT2D eigenvalue weighted by Crippen LogP contribution is -2.49. The standard InChI is InChI=1S/C20H20FNO3/c1-25-18(23)17(13-14-7-3-2-4-8-14)22-19(24)20(21)12-11-15-9-5-6-10-16(15)20/h2-10,17H,11-13H2,1H3,(H,22,24)/t17-,20?/m0/s1. The topological polar surface area (TPSA) is 55.4 Å². The number of hydrogen-bond donors (Lipinski definition) is 1. The van der Waals surface area contributed by atoms with Crippen LogP contribution in [0, 0.1) is 0 Å². The first-order valence-corrected chi connectivity index (χ1v) is 8.24. The molecule has 0 saturated heterocycles. The lowest BCUT2D eigenvalue weighted by atomic mass is 9.96. The number of halogens is 1. The number of amides is 1. The number of alkyl halides is 1. The first-order chi connectivity index (χ1) is 12.0. The van der Waals surface area contributed by atoms with Crippen LogP contribution in [0.4, 0.5) is 4.39 Å². The van der Waals surface area contributed by atoms with Gasteiger partial charge in [0.25, 0.3) is 5.91 Å². The number of carbonyl (C=O) groups is 2. The predicted octanol–water partition coefficient (Wildman–Crippen LogP) is 2.70. The summed E-state index contributed by atoms with van der Waals surface area (Å²) in [6.07, 6.45) is 0.829. The number of rotatable bonds is 5. The Balaban J connectivity index is 1.80. The van der Waals surface area contributed by atoms with Crippen molar-refractivity contribution >= 4 is 11.9 Å². The maximum Gasteiger partial charge on any atom is 0.328 e. The number of fused-ring (bicyclic) bond motifs is 1. The van der Waals surface area contributed by atoms with Crippen LogP contribution >= 0.6 is 0 Å². The van der Waals surface area contributed by atoms with E-state index in [9.17, 15) is 9.59 Å². The minimum Gasteiger partial charge on any atom is -0.467 e. The summed E-state index contributed by atoms with van der Waals surface area (Å²) in [7, 11) is 1.25. The van der Waals surface area contributed by atoms with E-state index < -0.39 is 23.6 Å². The molecular formula is C20H20FNO3. The molecule has 5 heteroatoms. The fourth-order valence-electron chi connectivity index (χ4n) is 3.26. The zero-order chi connectivity index (χ0) is 17.9. The van der Waals surface area contributed by atoms with E-state index in [-0.39, 0.29) is 12.8 Å². The zero-order valence-corrected chi connectivity index (χ0v) is 14.0. The molecule has 4 nitrogen and oxygen atoms in total. The Morgan fingerprint density at radius 1 is 1.16 bits per heavy atom. The molecule has 2 aromatic rings. The molecule has 1 unspecified atom stereocenters. The fraction of sp³-hybridized carbons (Fsp3) is 0.300. The summed E-state index contributed by atoms with van der Waals surface area (Å²) in [6.45, 7) is 0. The third-order valence-electron chi connectivity index (χ3n) is 4.62. The summed E-state index contributed by atoms with van der Waals surface area (Å²) in [6, 6.07) is 15.3. The van der Waals surface area contributed by atoms with Gasteiger partial charge in [0.1, 0.15) is 6.04 Å². The van der Waals surface area contributed by atoms with E-state index >= 15 is 4.39 Å². The molecule has 0 fully saturated rings. The molecule has 2 aromatic carbocycles. The van der Waals surface area contributed by atoms with E-state index in [0.717, 1.165) is 11.1 Å². The maximum atomic E-state index is 15.4. The van der Waals surface area contributed by atoms with E-state index in [2.05, 4.69) is 5.32 Å². The Kier molecular flexibility index (Phi) is 4.83. The molecule has 1 N–H and O–H groups in total. The number of hydrogen-bond acceptors (Lipinski definition) is 3. The monoisotopic (exact) mass is 341 g/mol. The van der Waals surface area contributed by atoms with E-state index in [4.69, 9.17) is 4.74 Å². The minimum absolute atomic E-state index is 0.0808. The Labute approximate surface area is 146 Å². The number of carbonyl (C=O) groups excluding carboxylic acids is 2. The van der Waals surface area contributed by atoms with Gasteiger partial charge >= 0.3 is 5.97 Å². The molecular weight excluding hydrogens is 321 g/mol. The van der Waals surface area contributed by atoms with Crippen molar-refractivity contribution in [1.82, 2.24) is 5.32 Å². The number of nitrogens with one attached hydrogen (secondary N) is 1. The molecule has 130 valence electrons. The Morgan fingerprint density at radius 3 is 2.56 bits per heavy atom. The third-order valence-corrected chi connectivity index (χ3v) is 4.62. The van der Waals surface area contributed by atoms with Crippen LogP contribution in [-0.2, 0) is 32.8 Å². The highest BCUT2D eigenvalue weighted by atomic mass is 19.1. The van der Waals surface area contributed by atoms with E-state index in [1.54, 1.807) is 12.1 Å². The summed E-state index contributed by atoms with van der Waals surface area (Å²) in [5.41, 5.74) is -0.0360. The molecule has 2 atom stereocenters. The summed E-state index contributed by atoms with van der Waals surface area (Å²) in [5, 5.41) is 2.55. The molecule has 0 saturated carbocycles. The molecule has 25 heavy (non-hydrogen) atoms. The third kappa shape index (κ3) is 3.40. The van der Waals surface area contributed by atoms with Crippen molar-refractivity contribution in [2.45, 2.75) is 31.0 Å². The van der Waals surface area contributed by atoms with Gasteiger partial charge in [0, 0.05) is 12.0 Å². The van der Waals surface area contributed by atoms with Gasteiger partial charge in [-0.15, -0.1) is 0 Å². The van der Waals surface area contributed by atoms with Gasteiger partial charge in [0.15, 0.2) is 0 Å². The number of benzene rings is 2. The van der Waals surface area contributed by atoms with Crippen molar-refractivity contribution in [2.24, 2.45) is 0 Å². The SMILES string of the molecule is COC(=O)[C@H](Cc1ccccc1)NC(=O)C1(F)CCc2ccccc21. The number of aryl methyl sites for hydroxylation is 1. The number of esters is 1. The zero-order valence-electron chi connectivity index (χ0n) is 14.0. The van der Waals surface area contributed by atoms with Crippen LogP contribution in [0.2, 0.25) is 0 Å². The molecule has 0 heterocycles. The smallest absolute Gasteiger partial charge is 0.328 e. The maximum absolute atomic E-state index is 15.4. The van der Waals surface area contributed by atoms with Crippen molar-refractivity contribution in [2.75, 3.05) is 7.11 Å². The molecule has 0 aromatic heterocycles. The van der Waals surface area contributed by atoms with Crippen molar-refractivity contribution < 1.29 is 18.7 Å². The highest BCUT2D eigenvalue weighted by Gasteiger charge is 2.46. The second kappa shape index (κ2) is 7.05. The van der Waals surface area contributed by atoms with Crippen molar-refractivity contribution in [3.05, 3.63) is 71.3 Å². The Bertz CT molecular complexity index is 778. The van der Waals surface area contributed by atoms with Gasteiger partial charge in [0.05, 0.1) is 7.11 Å². The van der Waals surface area contributed by atoms with Gasteiger partial charge in [-0.3, -0.25) is 4.79 Å². The van der Waals surface area contributed by atoms with Crippen LogP contribution in [0.5, 0.6) is 0 Å². The molecule has 1 aliphatic rings. The van der Waals surface area contributed by atoms with Gasteiger partial charge in [-0.25, -0.2) is 9.18 Å². The van der Waals surface area contributed by atoms with Gasteiger partial charge < -0.3 is 10.1 Å². The van der Waals surface area contributed by atoms with Crippen LogP contribution in [0.1, 0.15) is 23.1 Å². The predicted molar refractivity (Wildman–Crippen MR) is 91.6 cm³/mol. The highest BCUT2D eigenvalue weighted by molar-refractivity contribution is 5.91. The number of ether oxygens (including phenoxy) is 1. The van der Waals surface area contributed by atoms with Crippen molar-refractivity contribution in [3.8, 4) is 0 Å². The summed E-state index contributed by atoms with van der Waals surface area (Å²) in [5.74, 6) is -1.38. The van der Waals surface area contributed by atoms with Gasteiger partial charge in [0.2, 0.25) is 5.67 Å². The lowest BCUT2D eigenvalue weighted by Gasteiger charge is -2.24. The van der Waals surface area contributed by atoms with E-state index in [0.29, 0.717) is 12.0 Å². The first kappa shape index (κ1) is 17.1. The van der Waals surface area contributed by atoms with Crippen molar-refractivity contribution in [1.29, 1.82) is 0 Å². The first-order valence-electron chi connectivity index (χ1n) is 8.24. The normalized spacial score (nSPS) is 19.8. The second-order valence-corrected chi connectivity index (χ2v) is 6.20. The molecule has 3 rings (SSSR count). The summed E-state index contributed by atoms with van der Waals surface area (Å²) < 4.78 is 20.2. The molecule has 0 bridgehead atoms. The van der Waals surface area contributed by atoms with Crippen LogP contribution in [0.3, 0.4) is 0 Å². The molecule has 1 amide bonds. The van der Waals surface area contributed by atoms with Gasteiger partial charge in [-0.2, -0.15) is 0 Å². The van der Waals surface area contributed by atoms with E-state index in [1.807, 2.05) is 42.5 Å². The summed E-state index contributed by atoms with van der Waals surface area (Å²) in [4.78, 5) is 24.7. The average Bonchev–Trinajstić information content (AvgIpc) is 3.00. The minimum atomic E-state index is -2.11. The Hall–Kier alpha value is -2.69. The summed E-state index contributed by atoms with van der Waals surface area (Å²) >= 11 is 0. The van der Waals surface area contributed by atoms with Crippen LogP contribution in [0.15, 0.2) is 54.6 Å². The average molecular weight is 341 g/mol. The second-order valence-electron chi connectivity index (χ2n) is 6.20. The molecule has 0 aliphatic heterocycles. The van der Waals surface area contributed by atoms with Crippen molar-refractivity contribution in [3.63, 3.8) is 0 Å². The van der Waals surface area contributed by atoms with Gasteiger partial charge in [-0.05, 0) is 24.0 Å². The Morgan fingerprint density at radius 2 is 1.84 bits per heavy atom. The molecule has 0 radical (unpaired) electrons. The van der Waals surface area contributed by atoms with Gasteiger partial charge in [-0.1, -0.05) is 54.6 Å². The van der Waals surface area contributed by atoms with E-state index in [1.165, 1.54) is 7.11 Å². The van der Waals surface area contributed by atoms with Crippen LogP contribution < -0.4 is 5.32 Å². The number of methoxy groups -OCH3 is 1. The van der Waals surface area contributed by atoms with Crippen LogP contribution in [0.25, 0.3) is 0 Å².